The Bertz CT molecular complexity index is 802. The minimum atomic E-state index is 0.136. The minimum absolute atomic E-state index is 0.136. The van der Waals surface area contributed by atoms with Crippen LogP contribution in [0, 0.1) is 11.8 Å². The fourth-order valence-electron chi connectivity index (χ4n) is 3.29. The van der Waals surface area contributed by atoms with Crippen molar-refractivity contribution in [3.05, 3.63) is 52.2 Å². The number of hydrogen-bond donors (Lipinski definition) is 2. The van der Waals surface area contributed by atoms with E-state index in [4.69, 9.17) is 4.74 Å². The molecular weight excluding hydrogens is 380 g/mol. The first-order chi connectivity index (χ1) is 14.3. The van der Waals surface area contributed by atoms with Crippen LogP contribution in [0.4, 0.5) is 0 Å². The van der Waals surface area contributed by atoms with Crippen molar-refractivity contribution in [1.29, 1.82) is 0 Å². The second-order valence-electron chi connectivity index (χ2n) is 7.28. The highest BCUT2D eigenvalue weighted by Gasteiger charge is 2.14. The van der Waals surface area contributed by atoms with Gasteiger partial charge in [0.2, 0.25) is 5.91 Å². The zero-order valence-corrected chi connectivity index (χ0v) is 17.7. The van der Waals surface area contributed by atoms with Crippen molar-refractivity contribution in [3.63, 3.8) is 0 Å². The highest BCUT2D eigenvalue weighted by atomic mass is 32.1. The molecule has 0 bridgehead atoms. The number of carbonyl (C=O) groups excluding carboxylic acids is 1. The summed E-state index contributed by atoms with van der Waals surface area (Å²) in [5.74, 6) is 7.45. The summed E-state index contributed by atoms with van der Waals surface area (Å²) in [7, 11) is 0. The maximum Gasteiger partial charge on any atom is 0.220 e. The molecule has 0 spiro atoms. The van der Waals surface area contributed by atoms with Crippen LogP contribution in [0.5, 0.6) is 5.75 Å². The zero-order chi connectivity index (χ0) is 20.2. The van der Waals surface area contributed by atoms with Gasteiger partial charge in [0.1, 0.15) is 11.9 Å². The Kier molecular flexibility index (Phi) is 9.09. The van der Waals surface area contributed by atoms with Gasteiger partial charge < -0.3 is 15.4 Å². The Morgan fingerprint density at radius 1 is 1.21 bits per heavy atom. The van der Waals surface area contributed by atoms with E-state index >= 15 is 0 Å². The number of nitrogens with one attached hydrogen (secondary N) is 2. The molecular formula is C24H30N2O2S. The third-order valence-electron chi connectivity index (χ3n) is 4.86. The number of hydrogen-bond acceptors (Lipinski definition) is 4. The number of rotatable bonds is 9. The quantitative estimate of drug-likeness (QED) is 0.482. The molecule has 2 heterocycles. The van der Waals surface area contributed by atoms with Gasteiger partial charge in [0, 0.05) is 29.8 Å². The Hall–Kier alpha value is -2.29. The van der Waals surface area contributed by atoms with E-state index in [9.17, 15) is 4.79 Å². The van der Waals surface area contributed by atoms with Gasteiger partial charge in [-0.2, -0.15) is 0 Å². The van der Waals surface area contributed by atoms with Crippen LogP contribution >= 0.6 is 11.3 Å². The summed E-state index contributed by atoms with van der Waals surface area (Å²) in [6, 6.07) is 12.2. The maximum absolute atomic E-state index is 11.9. The van der Waals surface area contributed by atoms with E-state index in [1.54, 1.807) is 11.3 Å². The van der Waals surface area contributed by atoms with Gasteiger partial charge in [-0.3, -0.25) is 4.79 Å². The molecule has 1 aliphatic heterocycles. The topological polar surface area (TPSA) is 50.4 Å². The van der Waals surface area contributed by atoms with Gasteiger partial charge in [-0.25, -0.2) is 0 Å². The molecule has 2 N–H and O–H groups in total. The number of aryl methyl sites for hydroxylation is 1. The number of unbranched alkanes of at least 4 members (excludes halogenated alkanes) is 1. The first-order valence-electron chi connectivity index (χ1n) is 10.5. The minimum Gasteiger partial charge on any atom is -0.490 e. The summed E-state index contributed by atoms with van der Waals surface area (Å²) in [5, 5.41) is 8.42. The van der Waals surface area contributed by atoms with Crippen LogP contribution in [0.3, 0.4) is 0 Å². The molecule has 1 fully saturated rings. The number of thiophene rings is 1. The van der Waals surface area contributed by atoms with Crippen LogP contribution < -0.4 is 15.4 Å². The monoisotopic (exact) mass is 410 g/mol. The number of carbonyl (C=O) groups is 1. The van der Waals surface area contributed by atoms with Gasteiger partial charge in [-0.1, -0.05) is 24.0 Å². The third kappa shape index (κ3) is 8.31. The van der Waals surface area contributed by atoms with Gasteiger partial charge in [0.15, 0.2) is 0 Å². The van der Waals surface area contributed by atoms with Gasteiger partial charge in [0.25, 0.3) is 0 Å². The van der Waals surface area contributed by atoms with Crippen molar-refractivity contribution >= 4 is 17.2 Å². The maximum atomic E-state index is 11.9. The summed E-state index contributed by atoms with van der Waals surface area (Å²) in [6.45, 7) is 2.73. The molecule has 4 nitrogen and oxygen atoms in total. The molecule has 29 heavy (non-hydrogen) atoms. The lowest BCUT2D eigenvalue weighted by atomic mass is 10.1. The summed E-state index contributed by atoms with van der Waals surface area (Å²) < 4.78 is 6.07. The fraction of sp³-hybridized carbons (Fsp3) is 0.458. The molecule has 0 atom stereocenters. The Morgan fingerprint density at radius 2 is 2.10 bits per heavy atom. The van der Waals surface area contributed by atoms with Crippen LogP contribution in [0.15, 0.2) is 41.8 Å². The number of amides is 1. The van der Waals surface area contributed by atoms with E-state index in [1.807, 2.05) is 24.3 Å². The molecule has 1 amide bonds. The van der Waals surface area contributed by atoms with Crippen molar-refractivity contribution in [1.82, 2.24) is 10.6 Å². The summed E-state index contributed by atoms with van der Waals surface area (Å²) >= 11 is 1.75. The standard InChI is InChI=1S/C24H30N2O2S/c27-24(12-5-10-23-11-6-18-29-23)26-15-3-1-2-7-20-8-4-9-22(19-20)28-21-13-16-25-17-14-21/h4,6,8-9,11,18-19,21,25H,1,3,5,10,12-17H2,(H,26,27). The molecule has 5 heteroatoms. The van der Waals surface area contributed by atoms with Crippen molar-refractivity contribution in [2.45, 2.75) is 51.0 Å². The second-order valence-corrected chi connectivity index (χ2v) is 8.32. The SMILES string of the molecule is O=C(CCCc1cccs1)NCCCC#Cc1cccc(OC2CCNCC2)c1. The largest absolute Gasteiger partial charge is 0.490 e. The average Bonchev–Trinajstić information content (AvgIpc) is 3.25. The molecule has 3 rings (SSSR count). The molecule has 1 aromatic heterocycles. The number of benzene rings is 1. The lowest BCUT2D eigenvalue weighted by Gasteiger charge is -2.23. The second kappa shape index (κ2) is 12.3. The van der Waals surface area contributed by atoms with Crippen molar-refractivity contribution < 1.29 is 9.53 Å². The van der Waals surface area contributed by atoms with Gasteiger partial charge in [0.05, 0.1) is 0 Å². The predicted molar refractivity (Wildman–Crippen MR) is 119 cm³/mol. The third-order valence-corrected chi connectivity index (χ3v) is 5.80. The van der Waals surface area contributed by atoms with Crippen LogP contribution in [0.1, 0.15) is 49.0 Å². The Morgan fingerprint density at radius 3 is 2.93 bits per heavy atom. The van der Waals surface area contributed by atoms with Crippen LogP contribution in [0.2, 0.25) is 0 Å². The van der Waals surface area contributed by atoms with Crippen molar-refractivity contribution in [2.24, 2.45) is 0 Å². The molecule has 0 aliphatic carbocycles. The first-order valence-corrected chi connectivity index (χ1v) is 11.4. The highest BCUT2D eigenvalue weighted by molar-refractivity contribution is 7.09. The molecule has 1 aromatic carbocycles. The normalized spacial score (nSPS) is 14.1. The Labute approximate surface area is 178 Å². The molecule has 0 radical (unpaired) electrons. The van der Waals surface area contributed by atoms with E-state index in [0.717, 1.165) is 62.9 Å². The van der Waals surface area contributed by atoms with Gasteiger partial charge in [-0.05, 0) is 74.8 Å². The lowest BCUT2D eigenvalue weighted by molar-refractivity contribution is -0.121. The van der Waals surface area contributed by atoms with Gasteiger partial charge >= 0.3 is 0 Å². The lowest BCUT2D eigenvalue weighted by Crippen LogP contribution is -2.34. The first kappa shape index (κ1) is 21.4. The highest BCUT2D eigenvalue weighted by Crippen LogP contribution is 2.18. The van der Waals surface area contributed by atoms with Crippen LogP contribution in [-0.4, -0.2) is 31.6 Å². The molecule has 0 saturated carbocycles. The molecule has 154 valence electrons. The molecule has 0 unspecified atom stereocenters. The summed E-state index contributed by atoms with van der Waals surface area (Å²) in [5.41, 5.74) is 0.981. The van der Waals surface area contributed by atoms with Crippen molar-refractivity contribution in [2.75, 3.05) is 19.6 Å². The van der Waals surface area contributed by atoms with Crippen LogP contribution in [0.25, 0.3) is 0 Å². The smallest absolute Gasteiger partial charge is 0.220 e. The van der Waals surface area contributed by atoms with E-state index in [2.05, 4.69) is 40.0 Å². The molecule has 1 saturated heterocycles. The summed E-state index contributed by atoms with van der Waals surface area (Å²) in [4.78, 5) is 13.2. The van der Waals surface area contributed by atoms with E-state index in [1.165, 1.54) is 4.88 Å². The Balaban J connectivity index is 1.29. The average molecular weight is 411 g/mol. The zero-order valence-electron chi connectivity index (χ0n) is 16.9. The number of piperidine rings is 1. The van der Waals surface area contributed by atoms with Gasteiger partial charge in [-0.15, -0.1) is 11.3 Å². The van der Waals surface area contributed by atoms with Crippen molar-refractivity contribution in [3.8, 4) is 17.6 Å². The number of ether oxygens (including phenoxy) is 1. The van der Waals surface area contributed by atoms with E-state index in [0.29, 0.717) is 19.1 Å². The fourth-order valence-corrected chi connectivity index (χ4v) is 4.04. The predicted octanol–water partition coefficient (Wildman–Crippen LogP) is 4.15. The molecule has 2 aromatic rings. The summed E-state index contributed by atoms with van der Waals surface area (Å²) in [6.07, 6.45) is 6.52. The van der Waals surface area contributed by atoms with E-state index in [-0.39, 0.29) is 5.91 Å². The van der Waals surface area contributed by atoms with Crippen LogP contribution in [-0.2, 0) is 11.2 Å². The molecule has 1 aliphatic rings. The van der Waals surface area contributed by atoms with E-state index < -0.39 is 0 Å².